The van der Waals surface area contributed by atoms with E-state index in [9.17, 15) is 4.79 Å². The molecule has 0 aliphatic carbocycles. The minimum absolute atomic E-state index is 0.170. The highest BCUT2D eigenvalue weighted by atomic mass is 16.6. The van der Waals surface area contributed by atoms with E-state index in [0.717, 1.165) is 19.5 Å². The molecule has 1 heterocycles. The molecule has 1 aliphatic rings. The second-order valence-electron chi connectivity index (χ2n) is 4.82. The normalized spacial score (nSPS) is 23.4. The van der Waals surface area contributed by atoms with E-state index in [1.54, 1.807) is 4.90 Å². The minimum atomic E-state index is -0.372. The molecule has 1 saturated heterocycles. The molecule has 0 N–H and O–H groups in total. The Bertz CT molecular complexity index is 196. The molecule has 1 atom stereocenters. The lowest BCUT2D eigenvalue weighted by Crippen LogP contribution is -2.35. The van der Waals surface area contributed by atoms with Crippen LogP contribution >= 0.6 is 0 Å². The fourth-order valence-electron chi connectivity index (χ4n) is 1.43. The van der Waals surface area contributed by atoms with E-state index in [0.29, 0.717) is 5.92 Å². The molecule has 0 aromatic carbocycles. The van der Waals surface area contributed by atoms with Crippen molar-refractivity contribution in [3.63, 3.8) is 0 Å². The quantitative estimate of drug-likeness (QED) is 0.579. The van der Waals surface area contributed by atoms with Gasteiger partial charge < -0.3 is 9.64 Å². The van der Waals surface area contributed by atoms with Crippen molar-refractivity contribution in [1.82, 2.24) is 4.90 Å². The summed E-state index contributed by atoms with van der Waals surface area (Å²) in [5.41, 5.74) is -0.372. The Morgan fingerprint density at radius 2 is 2.08 bits per heavy atom. The van der Waals surface area contributed by atoms with Crippen molar-refractivity contribution >= 4 is 6.09 Å². The average Bonchev–Trinajstić information content (AvgIpc) is 2.31. The number of nitrogens with zero attached hydrogens (tertiary/aromatic N) is 1. The molecule has 1 unspecified atom stereocenters. The molecule has 3 heteroatoms. The van der Waals surface area contributed by atoms with Gasteiger partial charge in [0.2, 0.25) is 0 Å². The maximum atomic E-state index is 11.5. The number of carbonyl (C=O) groups excluding carboxylic acids is 1. The predicted octanol–water partition coefficient (Wildman–Crippen LogP) is 2.26. The van der Waals surface area contributed by atoms with Gasteiger partial charge in [0.1, 0.15) is 5.60 Å². The van der Waals surface area contributed by atoms with Gasteiger partial charge in [-0.05, 0) is 33.1 Å². The van der Waals surface area contributed by atoms with E-state index < -0.39 is 0 Å². The first-order valence-corrected chi connectivity index (χ1v) is 4.86. The van der Waals surface area contributed by atoms with Crippen molar-refractivity contribution in [3.05, 3.63) is 0 Å². The standard InChI is InChI=1S/C10H19NO2/c1-8-5-6-11(7-8)9(12)13-10(2,3)4/h8H,5-7H2,1-4H3. The van der Waals surface area contributed by atoms with Crippen LogP contribution in [0.15, 0.2) is 0 Å². The van der Waals surface area contributed by atoms with Crippen molar-refractivity contribution in [3.8, 4) is 0 Å². The zero-order valence-electron chi connectivity index (χ0n) is 8.96. The van der Waals surface area contributed by atoms with E-state index in [4.69, 9.17) is 4.74 Å². The molecule has 1 amide bonds. The van der Waals surface area contributed by atoms with Crippen LogP contribution in [-0.4, -0.2) is 29.7 Å². The van der Waals surface area contributed by atoms with Crippen molar-refractivity contribution in [2.24, 2.45) is 5.92 Å². The summed E-state index contributed by atoms with van der Waals surface area (Å²) in [5, 5.41) is 0. The lowest BCUT2D eigenvalue weighted by Gasteiger charge is -2.24. The van der Waals surface area contributed by atoms with Crippen molar-refractivity contribution in [2.75, 3.05) is 13.1 Å². The number of ether oxygens (including phenoxy) is 1. The molecule has 1 aliphatic heterocycles. The van der Waals surface area contributed by atoms with Crippen molar-refractivity contribution < 1.29 is 9.53 Å². The summed E-state index contributed by atoms with van der Waals surface area (Å²) in [6.07, 6.45) is 0.927. The molecular formula is C10H19NO2. The number of carbonyl (C=O) groups is 1. The number of hydrogen-bond acceptors (Lipinski definition) is 2. The topological polar surface area (TPSA) is 29.5 Å². The van der Waals surface area contributed by atoms with Crippen LogP contribution in [0.1, 0.15) is 34.1 Å². The van der Waals surface area contributed by atoms with Crippen LogP contribution in [0.2, 0.25) is 0 Å². The summed E-state index contributed by atoms with van der Waals surface area (Å²) in [4.78, 5) is 13.3. The number of amides is 1. The lowest BCUT2D eigenvalue weighted by molar-refractivity contribution is 0.0289. The Labute approximate surface area is 80.1 Å². The summed E-state index contributed by atoms with van der Waals surface area (Å²) >= 11 is 0. The van der Waals surface area contributed by atoms with Crippen LogP contribution in [0.25, 0.3) is 0 Å². The van der Waals surface area contributed by atoms with Crippen LogP contribution in [0.5, 0.6) is 0 Å². The monoisotopic (exact) mass is 185 g/mol. The SMILES string of the molecule is CC1CCN(C(=O)OC(C)(C)C)C1. The van der Waals surface area contributed by atoms with Crippen LogP contribution in [0.4, 0.5) is 4.79 Å². The number of rotatable bonds is 0. The third kappa shape index (κ3) is 3.25. The number of hydrogen-bond donors (Lipinski definition) is 0. The Kier molecular flexibility index (Phi) is 2.84. The highest BCUT2D eigenvalue weighted by molar-refractivity contribution is 5.68. The molecule has 0 spiro atoms. The molecular weight excluding hydrogens is 166 g/mol. The minimum Gasteiger partial charge on any atom is -0.444 e. The van der Waals surface area contributed by atoms with Gasteiger partial charge in [0.05, 0.1) is 0 Å². The van der Waals surface area contributed by atoms with Crippen LogP contribution in [0.3, 0.4) is 0 Å². The molecule has 0 bridgehead atoms. The Morgan fingerprint density at radius 1 is 1.46 bits per heavy atom. The van der Waals surface area contributed by atoms with Crippen molar-refractivity contribution in [1.29, 1.82) is 0 Å². The molecule has 76 valence electrons. The van der Waals surface area contributed by atoms with Crippen LogP contribution in [0, 0.1) is 5.92 Å². The summed E-state index contributed by atoms with van der Waals surface area (Å²) in [7, 11) is 0. The second-order valence-corrected chi connectivity index (χ2v) is 4.82. The van der Waals surface area contributed by atoms with Crippen molar-refractivity contribution in [2.45, 2.75) is 39.7 Å². The first-order valence-electron chi connectivity index (χ1n) is 4.86. The molecule has 3 nitrogen and oxygen atoms in total. The molecule has 0 saturated carbocycles. The van der Waals surface area contributed by atoms with E-state index in [1.165, 1.54) is 0 Å². The van der Waals surface area contributed by atoms with E-state index in [1.807, 2.05) is 20.8 Å². The highest BCUT2D eigenvalue weighted by Gasteiger charge is 2.27. The third-order valence-electron chi connectivity index (χ3n) is 2.08. The van der Waals surface area contributed by atoms with Gasteiger partial charge >= 0.3 is 6.09 Å². The summed E-state index contributed by atoms with van der Waals surface area (Å²) < 4.78 is 5.26. The first-order chi connectivity index (χ1) is 5.88. The molecule has 0 radical (unpaired) electrons. The fourth-order valence-corrected chi connectivity index (χ4v) is 1.43. The van der Waals surface area contributed by atoms with Gasteiger partial charge in [0.25, 0.3) is 0 Å². The van der Waals surface area contributed by atoms with Gasteiger partial charge in [-0.25, -0.2) is 4.79 Å². The molecule has 1 fully saturated rings. The van der Waals surface area contributed by atoms with Gasteiger partial charge in [-0.15, -0.1) is 0 Å². The van der Waals surface area contributed by atoms with Gasteiger partial charge in [-0.3, -0.25) is 0 Å². The zero-order valence-corrected chi connectivity index (χ0v) is 8.96. The summed E-state index contributed by atoms with van der Waals surface area (Å²) in [6.45, 7) is 9.52. The second kappa shape index (κ2) is 3.56. The summed E-state index contributed by atoms with van der Waals surface area (Å²) in [5.74, 6) is 0.618. The smallest absolute Gasteiger partial charge is 0.410 e. The molecule has 13 heavy (non-hydrogen) atoms. The molecule has 0 aromatic heterocycles. The van der Waals surface area contributed by atoms with E-state index in [-0.39, 0.29) is 11.7 Å². The third-order valence-corrected chi connectivity index (χ3v) is 2.08. The van der Waals surface area contributed by atoms with Crippen LogP contribution < -0.4 is 0 Å². The average molecular weight is 185 g/mol. The van der Waals surface area contributed by atoms with Gasteiger partial charge in [-0.2, -0.15) is 0 Å². The maximum absolute atomic E-state index is 11.5. The number of likely N-dealkylation sites (tertiary alicyclic amines) is 1. The zero-order chi connectivity index (χ0) is 10.1. The van der Waals surface area contributed by atoms with Gasteiger partial charge in [-0.1, -0.05) is 6.92 Å². The maximum Gasteiger partial charge on any atom is 0.410 e. The largest absolute Gasteiger partial charge is 0.444 e. The predicted molar refractivity (Wildman–Crippen MR) is 51.6 cm³/mol. The fraction of sp³-hybridized carbons (Fsp3) is 0.900. The van der Waals surface area contributed by atoms with E-state index in [2.05, 4.69) is 6.92 Å². The first kappa shape index (κ1) is 10.4. The van der Waals surface area contributed by atoms with Gasteiger partial charge in [0, 0.05) is 13.1 Å². The van der Waals surface area contributed by atoms with Gasteiger partial charge in [0.15, 0.2) is 0 Å². The molecule has 1 rings (SSSR count). The van der Waals surface area contributed by atoms with E-state index >= 15 is 0 Å². The highest BCUT2D eigenvalue weighted by Crippen LogP contribution is 2.18. The summed E-state index contributed by atoms with van der Waals surface area (Å²) in [6, 6.07) is 0. The Hall–Kier alpha value is -0.730. The van der Waals surface area contributed by atoms with Crippen LogP contribution in [-0.2, 0) is 4.74 Å². The molecule has 0 aromatic rings. The Balaban J connectivity index is 2.41. The Morgan fingerprint density at radius 3 is 2.46 bits per heavy atom. The lowest BCUT2D eigenvalue weighted by atomic mass is 10.2.